The number of hydrogen-bond donors (Lipinski definition) is 2. The van der Waals surface area contributed by atoms with Crippen molar-refractivity contribution >= 4 is 11.4 Å². The van der Waals surface area contributed by atoms with Crippen LogP contribution in [0, 0.1) is 0 Å². The molecule has 0 saturated carbocycles. The molecule has 0 heterocycles. The van der Waals surface area contributed by atoms with E-state index >= 15 is 0 Å². The van der Waals surface area contributed by atoms with Gasteiger partial charge in [-0.05, 0) is 31.2 Å². The van der Waals surface area contributed by atoms with Gasteiger partial charge in [-0.15, -0.1) is 0 Å². The van der Waals surface area contributed by atoms with Crippen molar-refractivity contribution in [2.24, 2.45) is 0 Å². The van der Waals surface area contributed by atoms with Crippen LogP contribution in [0.2, 0.25) is 0 Å². The number of anilines is 2. The van der Waals surface area contributed by atoms with E-state index < -0.39 is 0 Å². The molecule has 2 nitrogen and oxygen atoms in total. The van der Waals surface area contributed by atoms with Gasteiger partial charge in [0.05, 0.1) is 0 Å². The Balaban J connectivity index is 2.74. The molecule has 0 radical (unpaired) electrons. The van der Waals surface area contributed by atoms with Crippen molar-refractivity contribution in [2.45, 2.75) is 6.92 Å². The molecule has 1 aromatic rings. The second kappa shape index (κ2) is 4.36. The molecule has 0 bridgehead atoms. The van der Waals surface area contributed by atoms with Gasteiger partial charge in [0.1, 0.15) is 0 Å². The highest BCUT2D eigenvalue weighted by Gasteiger charge is 1.91. The maximum absolute atomic E-state index is 5.63. The van der Waals surface area contributed by atoms with Gasteiger partial charge in [-0.1, -0.05) is 18.7 Å². The molecule has 0 aliphatic rings. The summed E-state index contributed by atoms with van der Waals surface area (Å²) in [5.41, 5.74) is 8.43. The van der Waals surface area contributed by atoms with E-state index in [-0.39, 0.29) is 0 Å². The smallest absolute Gasteiger partial charge is 0.0402 e. The lowest BCUT2D eigenvalue weighted by Gasteiger charge is -2.05. The highest BCUT2D eigenvalue weighted by Crippen LogP contribution is 2.13. The van der Waals surface area contributed by atoms with Gasteiger partial charge < -0.3 is 11.1 Å². The Hall–Kier alpha value is -1.70. The average molecular weight is 174 g/mol. The van der Waals surface area contributed by atoms with E-state index in [1.165, 1.54) is 0 Å². The first kappa shape index (κ1) is 9.39. The summed E-state index contributed by atoms with van der Waals surface area (Å²) in [4.78, 5) is 0. The number of nitrogens with one attached hydrogen (secondary N) is 1. The Labute approximate surface area is 78.8 Å². The van der Waals surface area contributed by atoms with Crippen LogP contribution in [0.15, 0.2) is 48.7 Å². The van der Waals surface area contributed by atoms with Gasteiger partial charge in [-0.2, -0.15) is 0 Å². The van der Waals surface area contributed by atoms with Crippen molar-refractivity contribution in [3.8, 4) is 0 Å². The monoisotopic (exact) mass is 174 g/mol. The lowest BCUT2D eigenvalue weighted by Crippen LogP contribution is -1.95. The first-order chi connectivity index (χ1) is 6.22. The third kappa shape index (κ3) is 3.03. The third-order valence-corrected chi connectivity index (χ3v) is 1.60. The molecule has 2 heteroatoms. The molecule has 0 aliphatic carbocycles. The van der Waals surface area contributed by atoms with Crippen LogP contribution in [0.1, 0.15) is 6.92 Å². The van der Waals surface area contributed by atoms with Gasteiger partial charge in [0, 0.05) is 17.1 Å². The summed E-state index contributed by atoms with van der Waals surface area (Å²) in [7, 11) is 0. The summed E-state index contributed by atoms with van der Waals surface area (Å²) >= 11 is 0. The maximum atomic E-state index is 5.63. The fourth-order valence-electron chi connectivity index (χ4n) is 1.06. The highest BCUT2D eigenvalue weighted by molar-refractivity contribution is 5.56. The average Bonchev–Trinajstić information content (AvgIpc) is 2.04. The minimum atomic E-state index is 0.761. The maximum Gasteiger partial charge on any atom is 0.0402 e. The zero-order chi connectivity index (χ0) is 9.68. The van der Waals surface area contributed by atoms with Gasteiger partial charge in [0.15, 0.2) is 0 Å². The Kier molecular flexibility index (Phi) is 3.15. The molecule has 3 N–H and O–H groups in total. The highest BCUT2D eigenvalue weighted by atomic mass is 14.9. The third-order valence-electron chi connectivity index (χ3n) is 1.60. The molecule has 0 atom stereocenters. The van der Waals surface area contributed by atoms with Gasteiger partial charge in [-0.3, -0.25) is 0 Å². The number of rotatable bonds is 3. The van der Waals surface area contributed by atoms with Gasteiger partial charge in [0.25, 0.3) is 0 Å². The molecule has 1 rings (SSSR count). The van der Waals surface area contributed by atoms with Crippen LogP contribution in [-0.4, -0.2) is 0 Å². The van der Waals surface area contributed by atoms with Crippen LogP contribution >= 0.6 is 0 Å². The van der Waals surface area contributed by atoms with Crippen LogP contribution in [0.3, 0.4) is 0 Å². The number of hydrogen-bond acceptors (Lipinski definition) is 2. The zero-order valence-corrected chi connectivity index (χ0v) is 7.75. The standard InChI is InChI=1S/C11H14N2/c1-3-5-9(2)13-11-7-4-6-10(12)8-11/h3-8,13H,1,12H2,2H3/b9-5+. The quantitative estimate of drug-likeness (QED) is 0.546. The summed E-state index contributed by atoms with van der Waals surface area (Å²) in [6, 6.07) is 7.63. The fraction of sp³-hybridized carbons (Fsp3) is 0.0909. The Morgan fingerprint density at radius 2 is 2.31 bits per heavy atom. The van der Waals surface area contributed by atoms with Crippen molar-refractivity contribution in [2.75, 3.05) is 11.1 Å². The zero-order valence-electron chi connectivity index (χ0n) is 7.75. The summed E-state index contributed by atoms with van der Waals surface area (Å²) in [6.45, 7) is 5.60. The first-order valence-corrected chi connectivity index (χ1v) is 4.14. The van der Waals surface area contributed by atoms with E-state index in [4.69, 9.17) is 5.73 Å². The minimum absolute atomic E-state index is 0.761. The summed E-state index contributed by atoms with van der Waals surface area (Å²) in [5.74, 6) is 0. The fourth-order valence-corrected chi connectivity index (χ4v) is 1.06. The summed E-state index contributed by atoms with van der Waals surface area (Å²) < 4.78 is 0. The minimum Gasteiger partial charge on any atom is -0.399 e. The molecule has 0 aliphatic heterocycles. The molecular weight excluding hydrogens is 160 g/mol. The first-order valence-electron chi connectivity index (χ1n) is 4.14. The molecule has 68 valence electrons. The number of nitrogen functional groups attached to an aromatic ring is 1. The van der Waals surface area contributed by atoms with Crippen molar-refractivity contribution in [3.63, 3.8) is 0 Å². The molecular formula is C11H14N2. The summed E-state index contributed by atoms with van der Waals surface area (Å²) in [6.07, 6.45) is 3.65. The predicted octanol–water partition coefficient (Wildman–Crippen LogP) is 2.77. The van der Waals surface area contributed by atoms with E-state index in [2.05, 4.69) is 11.9 Å². The second-order valence-electron chi connectivity index (χ2n) is 2.84. The van der Waals surface area contributed by atoms with Gasteiger partial charge in [0.2, 0.25) is 0 Å². The molecule has 1 aromatic carbocycles. The Morgan fingerprint density at radius 1 is 1.54 bits per heavy atom. The van der Waals surface area contributed by atoms with Crippen LogP contribution in [-0.2, 0) is 0 Å². The number of benzene rings is 1. The van der Waals surface area contributed by atoms with Crippen molar-refractivity contribution in [1.82, 2.24) is 0 Å². The summed E-state index contributed by atoms with van der Waals surface area (Å²) in [5, 5.41) is 3.19. The van der Waals surface area contributed by atoms with E-state index in [1.54, 1.807) is 6.08 Å². The van der Waals surface area contributed by atoms with Crippen molar-refractivity contribution in [3.05, 3.63) is 48.7 Å². The molecule has 0 aromatic heterocycles. The van der Waals surface area contributed by atoms with Crippen LogP contribution in [0.25, 0.3) is 0 Å². The predicted molar refractivity (Wildman–Crippen MR) is 58.4 cm³/mol. The second-order valence-corrected chi connectivity index (χ2v) is 2.84. The van der Waals surface area contributed by atoms with Gasteiger partial charge >= 0.3 is 0 Å². The molecule has 13 heavy (non-hydrogen) atoms. The van der Waals surface area contributed by atoms with Gasteiger partial charge in [-0.25, -0.2) is 0 Å². The largest absolute Gasteiger partial charge is 0.399 e. The van der Waals surface area contributed by atoms with Crippen LogP contribution in [0.5, 0.6) is 0 Å². The molecule has 0 unspecified atom stereocenters. The Morgan fingerprint density at radius 3 is 2.92 bits per heavy atom. The van der Waals surface area contributed by atoms with Crippen molar-refractivity contribution < 1.29 is 0 Å². The number of allylic oxidation sites excluding steroid dienone is 3. The lowest BCUT2D eigenvalue weighted by molar-refractivity contribution is 1.38. The lowest BCUT2D eigenvalue weighted by atomic mass is 10.2. The van der Waals surface area contributed by atoms with E-state index in [0.717, 1.165) is 17.1 Å². The van der Waals surface area contributed by atoms with E-state index in [9.17, 15) is 0 Å². The number of nitrogens with two attached hydrogens (primary N) is 1. The Bertz CT molecular complexity index is 327. The van der Waals surface area contributed by atoms with Crippen LogP contribution < -0.4 is 11.1 Å². The van der Waals surface area contributed by atoms with Crippen LogP contribution in [0.4, 0.5) is 11.4 Å². The van der Waals surface area contributed by atoms with E-state index in [0.29, 0.717) is 0 Å². The molecule has 0 amide bonds. The molecule has 0 spiro atoms. The molecule has 0 fully saturated rings. The molecule has 0 saturated heterocycles. The van der Waals surface area contributed by atoms with E-state index in [1.807, 2.05) is 37.3 Å². The normalized spacial score (nSPS) is 11.0. The SMILES string of the molecule is C=C/C=C(\C)Nc1cccc(N)c1. The van der Waals surface area contributed by atoms with Crippen molar-refractivity contribution in [1.29, 1.82) is 0 Å². The topological polar surface area (TPSA) is 38.0 Å².